The topological polar surface area (TPSA) is 39.8 Å². The second kappa shape index (κ2) is 9.57. The summed E-state index contributed by atoms with van der Waals surface area (Å²) in [6, 6.07) is 17.8. The Morgan fingerprint density at radius 2 is 1.50 bits per heavy atom. The smallest absolute Gasteiger partial charge is 0.281 e. The molecule has 0 radical (unpaired) electrons. The number of aryl methyl sites for hydroxylation is 3. The highest BCUT2D eigenvalue weighted by Crippen LogP contribution is 2.26. The summed E-state index contributed by atoms with van der Waals surface area (Å²) in [7, 11) is 0. The van der Waals surface area contributed by atoms with Crippen LogP contribution in [0.25, 0.3) is 22.1 Å². The van der Waals surface area contributed by atoms with Gasteiger partial charge in [0.25, 0.3) is 5.56 Å². The molecule has 4 aromatic rings. The van der Waals surface area contributed by atoms with Crippen LogP contribution in [-0.4, -0.2) is 14.3 Å². The van der Waals surface area contributed by atoms with Crippen LogP contribution in [-0.2, 0) is 0 Å². The zero-order valence-electron chi connectivity index (χ0n) is 18.6. The van der Waals surface area contributed by atoms with Gasteiger partial charge in [-0.2, -0.15) is 9.78 Å². The molecular weight excluding hydrogens is 370 g/mol. The predicted molar refractivity (Wildman–Crippen MR) is 126 cm³/mol. The van der Waals surface area contributed by atoms with E-state index in [1.165, 1.54) is 29.5 Å². The van der Waals surface area contributed by atoms with Crippen molar-refractivity contribution in [2.75, 3.05) is 0 Å². The fourth-order valence-corrected chi connectivity index (χ4v) is 3.82. The number of nitrogens with zero attached hydrogens (tertiary/aromatic N) is 3. The van der Waals surface area contributed by atoms with Gasteiger partial charge in [0.1, 0.15) is 0 Å². The summed E-state index contributed by atoms with van der Waals surface area (Å²) in [5.41, 5.74) is 4.91. The number of fused-ring (bicyclic) bond motifs is 1. The number of benzene rings is 2. The van der Waals surface area contributed by atoms with Crippen molar-refractivity contribution in [3.8, 4) is 11.4 Å². The SMILES string of the molecule is CCCCC.Cc1cccc(-n2c(C)c3cnn(-c4ccccc4)c(=O)c3c2C)c1. The van der Waals surface area contributed by atoms with Gasteiger partial charge in [0.15, 0.2) is 0 Å². The lowest BCUT2D eigenvalue weighted by atomic mass is 10.2. The van der Waals surface area contributed by atoms with Crippen LogP contribution in [0.4, 0.5) is 0 Å². The van der Waals surface area contributed by atoms with Gasteiger partial charge >= 0.3 is 0 Å². The largest absolute Gasteiger partial charge is 0.317 e. The Kier molecular flexibility index (Phi) is 6.88. The summed E-state index contributed by atoms with van der Waals surface area (Å²) < 4.78 is 3.60. The molecule has 0 aliphatic carbocycles. The van der Waals surface area contributed by atoms with Crippen molar-refractivity contribution >= 4 is 10.8 Å². The van der Waals surface area contributed by atoms with Gasteiger partial charge in [-0.15, -0.1) is 0 Å². The molecule has 0 unspecified atom stereocenters. The summed E-state index contributed by atoms with van der Waals surface area (Å²) in [5, 5.41) is 6.01. The second-order valence-corrected chi connectivity index (χ2v) is 7.68. The molecule has 0 atom stereocenters. The fourth-order valence-electron chi connectivity index (χ4n) is 3.82. The van der Waals surface area contributed by atoms with Crippen LogP contribution < -0.4 is 5.56 Å². The third-order valence-electron chi connectivity index (χ3n) is 5.37. The Morgan fingerprint density at radius 3 is 2.10 bits per heavy atom. The standard InChI is InChI=1S/C21H19N3O.C5H12/c1-14-8-7-11-18(12-14)23-15(2)19-13-22-24(17-9-5-4-6-10-17)21(25)20(19)16(23)3;1-3-5-4-2/h4-13H,1-3H3;3-5H2,1-2H3. The van der Waals surface area contributed by atoms with Crippen LogP contribution in [0.2, 0.25) is 0 Å². The third kappa shape index (κ3) is 4.23. The second-order valence-electron chi connectivity index (χ2n) is 7.68. The molecule has 2 aromatic carbocycles. The zero-order valence-corrected chi connectivity index (χ0v) is 18.6. The van der Waals surface area contributed by atoms with E-state index in [1.807, 2.05) is 50.2 Å². The molecule has 2 aromatic heterocycles. The molecule has 4 rings (SSSR count). The maximum absolute atomic E-state index is 13.1. The molecule has 0 spiro atoms. The van der Waals surface area contributed by atoms with E-state index < -0.39 is 0 Å². The van der Waals surface area contributed by atoms with E-state index in [9.17, 15) is 4.79 Å². The van der Waals surface area contributed by atoms with Crippen LogP contribution >= 0.6 is 0 Å². The number of aromatic nitrogens is 3. The van der Waals surface area contributed by atoms with Gasteiger partial charge < -0.3 is 4.57 Å². The van der Waals surface area contributed by atoms with Gasteiger partial charge in [-0.1, -0.05) is 63.4 Å². The quantitative estimate of drug-likeness (QED) is 0.403. The van der Waals surface area contributed by atoms with E-state index in [-0.39, 0.29) is 5.56 Å². The lowest BCUT2D eigenvalue weighted by Gasteiger charge is -2.09. The Labute approximate surface area is 178 Å². The van der Waals surface area contributed by atoms with Crippen molar-refractivity contribution in [2.45, 2.75) is 53.9 Å². The van der Waals surface area contributed by atoms with Crippen LogP contribution in [0.5, 0.6) is 0 Å². The van der Waals surface area contributed by atoms with Crippen molar-refractivity contribution in [3.63, 3.8) is 0 Å². The minimum atomic E-state index is -0.0873. The highest BCUT2D eigenvalue weighted by molar-refractivity contribution is 5.88. The number of rotatable bonds is 4. The first-order chi connectivity index (χ1) is 14.5. The highest BCUT2D eigenvalue weighted by Gasteiger charge is 2.17. The molecule has 0 saturated carbocycles. The van der Waals surface area contributed by atoms with Crippen LogP contribution in [0.1, 0.15) is 50.1 Å². The molecule has 0 fully saturated rings. The summed E-state index contributed by atoms with van der Waals surface area (Å²) >= 11 is 0. The molecular formula is C26H31N3O. The van der Waals surface area contributed by atoms with Crippen LogP contribution in [0.15, 0.2) is 65.6 Å². The van der Waals surface area contributed by atoms with Crippen molar-refractivity contribution in [1.29, 1.82) is 0 Å². The Hall–Kier alpha value is -3.14. The summed E-state index contributed by atoms with van der Waals surface area (Å²) in [5.74, 6) is 0. The molecule has 0 amide bonds. The van der Waals surface area contributed by atoms with Crippen molar-refractivity contribution in [2.24, 2.45) is 0 Å². The molecule has 4 nitrogen and oxygen atoms in total. The van der Waals surface area contributed by atoms with Gasteiger partial charge in [0, 0.05) is 22.5 Å². The normalized spacial score (nSPS) is 10.7. The predicted octanol–water partition coefficient (Wildman–Crippen LogP) is 6.30. The van der Waals surface area contributed by atoms with E-state index in [2.05, 4.69) is 48.6 Å². The van der Waals surface area contributed by atoms with Gasteiger partial charge in [0.05, 0.1) is 17.3 Å². The minimum absolute atomic E-state index is 0.0873. The average Bonchev–Trinajstić information content (AvgIpc) is 3.01. The maximum Gasteiger partial charge on any atom is 0.281 e. The molecule has 0 bridgehead atoms. The van der Waals surface area contributed by atoms with Crippen molar-refractivity contribution < 1.29 is 0 Å². The van der Waals surface area contributed by atoms with Gasteiger partial charge in [-0.3, -0.25) is 4.79 Å². The number of para-hydroxylation sites is 1. The lowest BCUT2D eigenvalue weighted by Crippen LogP contribution is -2.20. The molecule has 0 aliphatic heterocycles. The van der Waals surface area contributed by atoms with E-state index in [1.54, 1.807) is 6.20 Å². The van der Waals surface area contributed by atoms with E-state index in [0.29, 0.717) is 0 Å². The number of hydrogen-bond acceptors (Lipinski definition) is 2. The van der Waals surface area contributed by atoms with Crippen LogP contribution in [0, 0.1) is 20.8 Å². The third-order valence-corrected chi connectivity index (χ3v) is 5.37. The average molecular weight is 402 g/mol. The summed E-state index contributed by atoms with van der Waals surface area (Å²) in [4.78, 5) is 13.1. The minimum Gasteiger partial charge on any atom is -0.317 e. The van der Waals surface area contributed by atoms with Crippen molar-refractivity contribution in [1.82, 2.24) is 14.3 Å². The molecule has 4 heteroatoms. The Bertz CT molecular complexity index is 1180. The van der Waals surface area contributed by atoms with E-state index in [0.717, 1.165) is 33.5 Å². The molecule has 0 saturated heterocycles. The lowest BCUT2D eigenvalue weighted by molar-refractivity contribution is 0.772. The molecule has 156 valence electrons. The number of hydrogen-bond donors (Lipinski definition) is 0. The van der Waals surface area contributed by atoms with Crippen molar-refractivity contribution in [3.05, 3.63) is 88.1 Å². The monoisotopic (exact) mass is 401 g/mol. The van der Waals surface area contributed by atoms with Gasteiger partial charge in [-0.25, -0.2) is 0 Å². The van der Waals surface area contributed by atoms with Crippen LogP contribution in [0.3, 0.4) is 0 Å². The first-order valence-corrected chi connectivity index (χ1v) is 10.7. The van der Waals surface area contributed by atoms with E-state index in [4.69, 9.17) is 0 Å². The molecule has 30 heavy (non-hydrogen) atoms. The first-order valence-electron chi connectivity index (χ1n) is 10.7. The van der Waals surface area contributed by atoms with Gasteiger partial charge in [0.2, 0.25) is 0 Å². The van der Waals surface area contributed by atoms with Gasteiger partial charge in [-0.05, 0) is 50.6 Å². The summed E-state index contributed by atoms with van der Waals surface area (Å²) in [6.07, 6.45) is 5.87. The highest BCUT2D eigenvalue weighted by atomic mass is 16.1. The molecule has 0 aliphatic rings. The number of unbranched alkanes of at least 4 members (excludes halogenated alkanes) is 2. The molecule has 2 heterocycles. The Balaban J connectivity index is 0.000000461. The molecule has 0 N–H and O–H groups in total. The van der Waals surface area contributed by atoms with E-state index >= 15 is 0 Å². The fraction of sp³-hybridized carbons (Fsp3) is 0.308. The first kappa shape index (κ1) is 21.6. The maximum atomic E-state index is 13.1. The Morgan fingerprint density at radius 1 is 0.833 bits per heavy atom. The zero-order chi connectivity index (χ0) is 21.7. The summed E-state index contributed by atoms with van der Waals surface area (Å²) in [6.45, 7) is 10.5.